The van der Waals surface area contributed by atoms with E-state index in [4.69, 9.17) is 22.1 Å². The van der Waals surface area contributed by atoms with Gasteiger partial charge in [-0.2, -0.15) is 0 Å². The Morgan fingerprint density at radius 1 is 1.19 bits per heavy atom. The van der Waals surface area contributed by atoms with Gasteiger partial charge in [0.15, 0.2) is 9.84 Å². The summed E-state index contributed by atoms with van der Waals surface area (Å²) in [5.74, 6) is 0.315. The number of rotatable bonds is 4. The summed E-state index contributed by atoms with van der Waals surface area (Å²) in [6.45, 7) is 1.77. The minimum atomic E-state index is -3.50. The number of hydrogen-bond acceptors (Lipinski definition) is 4. The summed E-state index contributed by atoms with van der Waals surface area (Å²) in [5, 5.41) is 0.467. The molecule has 0 fully saturated rings. The largest absolute Gasteiger partial charge is 0.496 e. The molecule has 2 rings (SSSR count). The van der Waals surface area contributed by atoms with Gasteiger partial charge in [-0.1, -0.05) is 11.6 Å². The molecule has 4 nitrogen and oxygen atoms in total. The van der Waals surface area contributed by atoms with E-state index < -0.39 is 9.84 Å². The predicted octanol–water partition coefficient (Wildman–Crippen LogP) is 3.21. The summed E-state index contributed by atoms with van der Waals surface area (Å²) in [7, 11) is -2.00. The van der Waals surface area contributed by atoms with Crippen LogP contribution in [0.25, 0.3) is 0 Å². The molecular formula is C15H16ClNO3S. The molecule has 2 aromatic carbocycles. The zero-order valence-electron chi connectivity index (χ0n) is 11.8. The van der Waals surface area contributed by atoms with Gasteiger partial charge in [0.25, 0.3) is 0 Å². The van der Waals surface area contributed by atoms with Crippen molar-refractivity contribution in [1.82, 2.24) is 0 Å². The van der Waals surface area contributed by atoms with Gasteiger partial charge in [-0.15, -0.1) is 0 Å². The molecule has 2 aromatic rings. The molecule has 0 bridgehead atoms. The highest BCUT2D eigenvalue weighted by atomic mass is 35.5. The normalized spacial score (nSPS) is 11.4. The highest BCUT2D eigenvalue weighted by Gasteiger charge is 2.19. The smallest absolute Gasteiger partial charge is 0.182 e. The zero-order valence-corrected chi connectivity index (χ0v) is 13.3. The highest BCUT2D eigenvalue weighted by molar-refractivity contribution is 7.90. The van der Waals surface area contributed by atoms with Crippen LogP contribution in [0.4, 0.5) is 5.69 Å². The second-order valence-corrected chi connectivity index (χ2v) is 7.16. The summed E-state index contributed by atoms with van der Waals surface area (Å²) in [4.78, 5) is 0.233. The molecule has 0 unspecified atom stereocenters. The van der Waals surface area contributed by atoms with E-state index in [1.54, 1.807) is 37.3 Å². The molecule has 0 saturated carbocycles. The maximum Gasteiger partial charge on any atom is 0.182 e. The molecule has 112 valence electrons. The summed E-state index contributed by atoms with van der Waals surface area (Å²) < 4.78 is 30.2. The second-order valence-electron chi connectivity index (χ2n) is 4.73. The average Bonchev–Trinajstić information content (AvgIpc) is 2.41. The molecule has 6 heteroatoms. The van der Waals surface area contributed by atoms with E-state index in [0.29, 0.717) is 22.0 Å². The third kappa shape index (κ3) is 3.49. The number of ether oxygens (including phenoxy) is 1. The molecule has 0 radical (unpaired) electrons. The molecule has 21 heavy (non-hydrogen) atoms. The van der Waals surface area contributed by atoms with E-state index in [1.807, 2.05) is 0 Å². The van der Waals surface area contributed by atoms with Crippen molar-refractivity contribution in [3.8, 4) is 5.75 Å². The van der Waals surface area contributed by atoms with Crippen molar-refractivity contribution in [2.24, 2.45) is 0 Å². The second kappa shape index (κ2) is 5.95. The van der Waals surface area contributed by atoms with Gasteiger partial charge in [-0.05, 0) is 48.9 Å². The highest BCUT2D eigenvalue weighted by Crippen LogP contribution is 2.27. The van der Waals surface area contributed by atoms with Crippen molar-refractivity contribution in [3.63, 3.8) is 0 Å². The number of aryl methyl sites for hydroxylation is 1. The van der Waals surface area contributed by atoms with Crippen molar-refractivity contribution in [3.05, 3.63) is 52.5 Å². The van der Waals surface area contributed by atoms with E-state index in [2.05, 4.69) is 0 Å². The van der Waals surface area contributed by atoms with Crippen molar-refractivity contribution in [1.29, 1.82) is 0 Å². The van der Waals surface area contributed by atoms with Gasteiger partial charge in [-0.25, -0.2) is 8.42 Å². The van der Waals surface area contributed by atoms with Crippen LogP contribution in [0.1, 0.15) is 11.1 Å². The molecule has 2 N–H and O–H groups in total. The van der Waals surface area contributed by atoms with Crippen LogP contribution < -0.4 is 10.5 Å². The number of hydrogen-bond donors (Lipinski definition) is 1. The van der Waals surface area contributed by atoms with Crippen LogP contribution >= 0.6 is 11.6 Å². The number of nitrogen functional groups attached to an aromatic ring is 1. The lowest BCUT2D eigenvalue weighted by molar-refractivity contribution is 0.411. The molecule has 0 atom stereocenters. The average molecular weight is 326 g/mol. The number of nitrogens with two attached hydrogens (primary N) is 1. The van der Waals surface area contributed by atoms with Crippen LogP contribution in [-0.2, 0) is 15.6 Å². The van der Waals surface area contributed by atoms with E-state index in [-0.39, 0.29) is 10.6 Å². The quantitative estimate of drug-likeness (QED) is 0.876. The monoisotopic (exact) mass is 325 g/mol. The van der Waals surface area contributed by atoms with E-state index in [0.717, 1.165) is 5.56 Å². The fourth-order valence-corrected chi connectivity index (χ4v) is 3.62. The lowest BCUT2D eigenvalue weighted by atomic mass is 10.2. The molecule has 0 aliphatic heterocycles. The molecular weight excluding hydrogens is 310 g/mol. The van der Waals surface area contributed by atoms with Gasteiger partial charge >= 0.3 is 0 Å². The first-order valence-corrected chi connectivity index (χ1v) is 8.28. The van der Waals surface area contributed by atoms with Crippen LogP contribution in [0.2, 0.25) is 5.02 Å². The lowest BCUT2D eigenvalue weighted by Crippen LogP contribution is -2.07. The summed E-state index contributed by atoms with van der Waals surface area (Å²) >= 11 is 5.93. The molecule has 0 heterocycles. The van der Waals surface area contributed by atoms with Crippen molar-refractivity contribution < 1.29 is 13.2 Å². The Labute approximate surface area is 129 Å². The fraction of sp³-hybridized carbons (Fsp3) is 0.200. The van der Waals surface area contributed by atoms with E-state index >= 15 is 0 Å². The fourth-order valence-electron chi connectivity index (χ4n) is 1.99. The van der Waals surface area contributed by atoms with Gasteiger partial charge in [0.1, 0.15) is 5.75 Å². The maximum atomic E-state index is 12.5. The van der Waals surface area contributed by atoms with Crippen molar-refractivity contribution in [2.45, 2.75) is 17.6 Å². The third-order valence-electron chi connectivity index (χ3n) is 3.19. The van der Waals surface area contributed by atoms with Crippen LogP contribution in [0.15, 0.2) is 41.3 Å². The van der Waals surface area contributed by atoms with Gasteiger partial charge in [0.2, 0.25) is 0 Å². The molecule has 0 aliphatic carbocycles. The zero-order chi connectivity index (χ0) is 15.6. The maximum absolute atomic E-state index is 12.5. The minimum absolute atomic E-state index is 0.180. The summed E-state index contributed by atoms with van der Waals surface area (Å²) in [6.07, 6.45) is 0. The molecule has 0 spiro atoms. The number of sulfone groups is 1. The molecule has 0 saturated heterocycles. The topological polar surface area (TPSA) is 69.4 Å². The van der Waals surface area contributed by atoms with Gasteiger partial charge in [-0.3, -0.25) is 0 Å². The van der Waals surface area contributed by atoms with Gasteiger partial charge < -0.3 is 10.5 Å². The standard InChI is InChI=1S/C15H16ClNO3S/c1-10-7-13(4-5-14(10)17)21(18,19)9-11-8-12(16)3-6-15(11)20-2/h3-8H,9,17H2,1-2H3. The lowest BCUT2D eigenvalue weighted by Gasteiger charge is -2.11. The summed E-state index contributed by atoms with van der Waals surface area (Å²) in [6, 6.07) is 9.58. The van der Waals surface area contributed by atoms with E-state index in [1.165, 1.54) is 13.2 Å². The molecule has 0 aromatic heterocycles. The Morgan fingerprint density at radius 3 is 2.52 bits per heavy atom. The van der Waals surface area contributed by atoms with Gasteiger partial charge in [0, 0.05) is 16.3 Å². The molecule has 0 amide bonds. The van der Waals surface area contributed by atoms with Crippen molar-refractivity contribution >= 4 is 27.1 Å². The Bertz CT molecular complexity index is 772. The first-order valence-electron chi connectivity index (χ1n) is 6.25. The first kappa shape index (κ1) is 15.7. The third-order valence-corrected chi connectivity index (χ3v) is 5.09. The van der Waals surface area contributed by atoms with Gasteiger partial charge in [0.05, 0.1) is 17.8 Å². The Balaban J connectivity index is 2.41. The van der Waals surface area contributed by atoms with E-state index in [9.17, 15) is 8.42 Å². The predicted molar refractivity (Wildman–Crippen MR) is 84.5 cm³/mol. The number of benzene rings is 2. The Morgan fingerprint density at radius 2 is 1.90 bits per heavy atom. The number of methoxy groups -OCH3 is 1. The number of anilines is 1. The molecule has 0 aliphatic rings. The first-order chi connectivity index (χ1) is 9.83. The SMILES string of the molecule is COc1ccc(Cl)cc1CS(=O)(=O)c1ccc(N)c(C)c1. The van der Waals surface area contributed by atoms with Crippen molar-refractivity contribution in [2.75, 3.05) is 12.8 Å². The number of halogens is 1. The van der Waals surface area contributed by atoms with Crippen LogP contribution in [-0.4, -0.2) is 15.5 Å². The summed E-state index contributed by atoms with van der Waals surface area (Å²) in [5.41, 5.74) is 7.54. The minimum Gasteiger partial charge on any atom is -0.496 e. The Kier molecular flexibility index (Phi) is 4.44. The Hall–Kier alpha value is -1.72. The van der Waals surface area contributed by atoms with Crippen LogP contribution in [0.3, 0.4) is 0 Å². The van der Waals surface area contributed by atoms with Crippen LogP contribution in [0.5, 0.6) is 5.75 Å². The van der Waals surface area contributed by atoms with Crippen LogP contribution in [0, 0.1) is 6.92 Å².